The van der Waals surface area contributed by atoms with Gasteiger partial charge in [0.1, 0.15) is 5.82 Å². The number of imide groups is 1. The van der Waals surface area contributed by atoms with Crippen LogP contribution in [0.3, 0.4) is 0 Å². The maximum absolute atomic E-state index is 13.5. The SMILES string of the molecule is Cc1ccc(N2C(=O)c3ccc(C(=O)N4CCc5noc(-c6ccc(F)cc6)c5C4)cc3C2=O)c(C)c1. The highest BCUT2D eigenvalue weighted by Crippen LogP contribution is 2.34. The van der Waals surface area contributed by atoms with Crippen LogP contribution in [-0.4, -0.2) is 34.3 Å². The highest BCUT2D eigenvalue weighted by atomic mass is 19.1. The van der Waals surface area contributed by atoms with Gasteiger partial charge < -0.3 is 9.42 Å². The summed E-state index contributed by atoms with van der Waals surface area (Å²) in [4.78, 5) is 42.7. The van der Waals surface area contributed by atoms with E-state index in [1.807, 2.05) is 26.0 Å². The van der Waals surface area contributed by atoms with Gasteiger partial charge in [-0.2, -0.15) is 0 Å². The number of benzene rings is 3. The summed E-state index contributed by atoms with van der Waals surface area (Å²) >= 11 is 0. The summed E-state index contributed by atoms with van der Waals surface area (Å²) in [5.41, 5.74) is 5.43. The first-order valence-electron chi connectivity index (χ1n) is 11.9. The fourth-order valence-electron chi connectivity index (χ4n) is 5.05. The van der Waals surface area contributed by atoms with Crippen LogP contribution < -0.4 is 4.90 Å². The average molecular weight is 496 g/mol. The van der Waals surface area contributed by atoms with Crippen LogP contribution in [-0.2, 0) is 13.0 Å². The molecule has 7 nitrogen and oxygen atoms in total. The summed E-state index contributed by atoms with van der Waals surface area (Å²) in [6, 6.07) is 16.1. The van der Waals surface area contributed by atoms with Crippen molar-refractivity contribution in [3.05, 3.63) is 106 Å². The molecule has 2 aliphatic heterocycles. The van der Waals surface area contributed by atoms with E-state index in [0.717, 1.165) is 22.4 Å². The highest BCUT2D eigenvalue weighted by Gasteiger charge is 2.38. The fourth-order valence-corrected chi connectivity index (χ4v) is 5.05. The minimum atomic E-state index is -0.444. The molecule has 37 heavy (non-hydrogen) atoms. The zero-order valence-corrected chi connectivity index (χ0v) is 20.2. The molecule has 1 aromatic heterocycles. The second-order valence-corrected chi connectivity index (χ2v) is 9.42. The Kier molecular flexibility index (Phi) is 5.26. The molecule has 0 N–H and O–H groups in total. The molecule has 2 aliphatic rings. The van der Waals surface area contributed by atoms with Crippen LogP contribution in [0.15, 0.2) is 65.2 Å². The van der Waals surface area contributed by atoms with Crippen LogP contribution in [0.4, 0.5) is 10.1 Å². The van der Waals surface area contributed by atoms with Gasteiger partial charge in [0.05, 0.1) is 29.1 Å². The Labute approximate surface area is 212 Å². The zero-order chi connectivity index (χ0) is 25.8. The Morgan fingerprint density at radius 1 is 0.946 bits per heavy atom. The first kappa shape index (κ1) is 22.8. The summed E-state index contributed by atoms with van der Waals surface area (Å²) in [6.07, 6.45) is 0.509. The number of hydrogen-bond donors (Lipinski definition) is 0. The van der Waals surface area contributed by atoms with Crippen LogP contribution in [0.5, 0.6) is 0 Å². The van der Waals surface area contributed by atoms with E-state index >= 15 is 0 Å². The lowest BCUT2D eigenvalue weighted by atomic mass is 10.00. The van der Waals surface area contributed by atoms with Gasteiger partial charge in [0, 0.05) is 29.7 Å². The number of hydrogen-bond acceptors (Lipinski definition) is 5. The van der Waals surface area contributed by atoms with E-state index in [-0.39, 0.29) is 29.4 Å². The number of fused-ring (bicyclic) bond motifs is 2. The first-order chi connectivity index (χ1) is 17.8. The largest absolute Gasteiger partial charge is 0.356 e. The molecule has 0 radical (unpaired) electrons. The summed E-state index contributed by atoms with van der Waals surface area (Å²) in [7, 11) is 0. The van der Waals surface area contributed by atoms with E-state index in [4.69, 9.17) is 4.52 Å². The van der Waals surface area contributed by atoms with E-state index in [2.05, 4.69) is 5.16 Å². The minimum Gasteiger partial charge on any atom is -0.356 e. The molecule has 0 fully saturated rings. The molecular weight excluding hydrogens is 473 g/mol. The van der Waals surface area contributed by atoms with Crippen molar-refractivity contribution in [1.82, 2.24) is 10.1 Å². The van der Waals surface area contributed by atoms with Crippen molar-refractivity contribution in [3.63, 3.8) is 0 Å². The average Bonchev–Trinajstić information content (AvgIpc) is 3.42. The number of nitrogens with zero attached hydrogens (tertiary/aromatic N) is 3. The predicted octanol–water partition coefficient (Wildman–Crippen LogP) is 5.10. The molecule has 0 saturated carbocycles. The van der Waals surface area contributed by atoms with Gasteiger partial charge in [0.2, 0.25) is 0 Å². The standard InChI is InChI=1S/C29H22FN3O4/c1-16-3-10-25(17(2)13-16)33-28(35)21-9-6-19(14-22(21)29(33)36)27(34)32-12-11-24-23(15-32)26(37-31-24)18-4-7-20(30)8-5-18/h3-10,13-14H,11-12,15H2,1-2H3. The lowest BCUT2D eigenvalue weighted by Gasteiger charge is -2.26. The molecule has 0 spiro atoms. The smallest absolute Gasteiger partial charge is 0.266 e. The van der Waals surface area contributed by atoms with E-state index in [1.54, 1.807) is 35.2 Å². The minimum absolute atomic E-state index is 0.213. The van der Waals surface area contributed by atoms with Crippen LogP contribution in [0.25, 0.3) is 11.3 Å². The Balaban J connectivity index is 1.28. The molecule has 184 valence electrons. The Bertz CT molecular complexity index is 1610. The zero-order valence-electron chi connectivity index (χ0n) is 20.2. The third-order valence-electron chi connectivity index (χ3n) is 6.96. The summed E-state index contributed by atoms with van der Waals surface area (Å²) in [5, 5.41) is 4.14. The number of carbonyl (C=O) groups excluding carboxylic acids is 3. The molecule has 8 heteroatoms. The predicted molar refractivity (Wildman–Crippen MR) is 134 cm³/mol. The maximum atomic E-state index is 13.5. The van der Waals surface area contributed by atoms with Crippen LogP contribution in [0, 0.1) is 19.7 Å². The molecule has 4 aromatic rings. The van der Waals surface area contributed by atoms with Gasteiger partial charge in [-0.05, 0) is 67.9 Å². The van der Waals surface area contributed by atoms with Crippen molar-refractivity contribution in [2.45, 2.75) is 26.8 Å². The number of halogens is 1. The van der Waals surface area contributed by atoms with Crippen molar-refractivity contribution < 1.29 is 23.3 Å². The lowest BCUT2D eigenvalue weighted by Crippen LogP contribution is -2.36. The van der Waals surface area contributed by atoms with Crippen molar-refractivity contribution >= 4 is 23.4 Å². The molecule has 0 bridgehead atoms. The van der Waals surface area contributed by atoms with Gasteiger partial charge in [0.25, 0.3) is 17.7 Å². The lowest BCUT2D eigenvalue weighted by molar-refractivity contribution is 0.0734. The topological polar surface area (TPSA) is 83.7 Å². The van der Waals surface area contributed by atoms with E-state index in [1.165, 1.54) is 23.1 Å². The van der Waals surface area contributed by atoms with Gasteiger partial charge in [0.15, 0.2) is 5.76 Å². The second-order valence-electron chi connectivity index (χ2n) is 9.42. The molecule has 0 atom stereocenters. The molecule has 0 aliphatic carbocycles. The fraction of sp³-hybridized carbons (Fsp3) is 0.172. The highest BCUT2D eigenvalue weighted by molar-refractivity contribution is 6.35. The third kappa shape index (κ3) is 3.72. The molecule has 6 rings (SSSR count). The van der Waals surface area contributed by atoms with Gasteiger partial charge in [-0.1, -0.05) is 22.9 Å². The van der Waals surface area contributed by atoms with Crippen molar-refractivity contribution in [1.29, 1.82) is 0 Å². The van der Waals surface area contributed by atoms with Crippen LogP contribution in [0.2, 0.25) is 0 Å². The van der Waals surface area contributed by atoms with Gasteiger partial charge in [-0.15, -0.1) is 0 Å². The molecule has 0 unspecified atom stereocenters. The summed E-state index contributed by atoms with van der Waals surface area (Å²) in [6.45, 7) is 4.50. The maximum Gasteiger partial charge on any atom is 0.266 e. The molecule has 0 saturated heterocycles. The van der Waals surface area contributed by atoms with Gasteiger partial charge in [-0.3, -0.25) is 14.4 Å². The number of aromatic nitrogens is 1. The van der Waals surface area contributed by atoms with Crippen LogP contribution in [0.1, 0.15) is 53.5 Å². The molecule has 3 amide bonds. The van der Waals surface area contributed by atoms with Crippen molar-refractivity contribution in [3.8, 4) is 11.3 Å². The Hall–Kier alpha value is -4.59. The second kappa shape index (κ2) is 8.51. The van der Waals surface area contributed by atoms with E-state index in [9.17, 15) is 18.8 Å². The van der Waals surface area contributed by atoms with Crippen molar-refractivity contribution in [2.75, 3.05) is 11.4 Å². The normalized spacial score (nSPS) is 14.7. The van der Waals surface area contributed by atoms with E-state index in [0.29, 0.717) is 35.5 Å². The number of aryl methyl sites for hydroxylation is 2. The van der Waals surface area contributed by atoms with Crippen LogP contribution >= 0.6 is 0 Å². The first-order valence-corrected chi connectivity index (χ1v) is 11.9. The molecular formula is C29H22FN3O4. The number of amides is 3. The number of rotatable bonds is 3. The molecule has 3 heterocycles. The van der Waals surface area contributed by atoms with Gasteiger partial charge in [-0.25, -0.2) is 9.29 Å². The summed E-state index contributed by atoms with van der Waals surface area (Å²) in [5.74, 6) is -0.951. The van der Waals surface area contributed by atoms with Crippen molar-refractivity contribution in [2.24, 2.45) is 0 Å². The number of anilines is 1. The third-order valence-corrected chi connectivity index (χ3v) is 6.96. The Morgan fingerprint density at radius 2 is 1.70 bits per heavy atom. The van der Waals surface area contributed by atoms with E-state index < -0.39 is 11.8 Å². The number of carbonyl (C=O) groups is 3. The monoisotopic (exact) mass is 495 g/mol. The molecule has 3 aromatic carbocycles. The Morgan fingerprint density at radius 3 is 2.46 bits per heavy atom. The van der Waals surface area contributed by atoms with Gasteiger partial charge >= 0.3 is 0 Å². The quantitative estimate of drug-likeness (QED) is 0.370. The summed E-state index contributed by atoms with van der Waals surface area (Å²) < 4.78 is 18.9.